The number of rotatable bonds is 10. The predicted octanol–water partition coefficient (Wildman–Crippen LogP) is 5.52. The Morgan fingerprint density at radius 2 is 1.70 bits per heavy atom. The minimum absolute atomic E-state index is 0.000288. The second-order valence-electron chi connectivity index (χ2n) is 13.7. The Hall–Kier alpha value is -4.05. The number of aliphatic hydroxyl groups excluding tert-OH is 1. The summed E-state index contributed by atoms with van der Waals surface area (Å²) in [7, 11) is 1.58. The number of nitrogens with zero attached hydrogens (tertiary/aromatic N) is 4. The molecule has 246 valence electrons. The molecule has 4 heterocycles. The molecule has 6 rings (SSSR count). The number of hydrogen-bond acceptors (Lipinski definition) is 8. The van der Waals surface area contributed by atoms with Gasteiger partial charge in [0.15, 0.2) is 11.5 Å². The van der Waals surface area contributed by atoms with E-state index in [9.17, 15) is 14.7 Å². The summed E-state index contributed by atoms with van der Waals surface area (Å²) < 4.78 is 17.9. The Kier molecular flexibility index (Phi) is 8.76. The molecule has 46 heavy (non-hydrogen) atoms. The van der Waals surface area contributed by atoms with E-state index in [1.807, 2.05) is 48.1 Å². The Morgan fingerprint density at radius 1 is 0.978 bits per heavy atom. The highest BCUT2D eigenvalue weighted by Gasteiger charge is 2.43. The third-order valence-electron chi connectivity index (χ3n) is 9.61. The van der Waals surface area contributed by atoms with Crippen molar-refractivity contribution >= 4 is 29.4 Å². The second kappa shape index (κ2) is 12.6. The molecule has 10 heteroatoms. The number of hydrogen-bond donors (Lipinski definition) is 1. The summed E-state index contributed by atoms with van der Waals surface area (Å²) in [5, 5.41) is 11.2. The van der Waals surface area contributed by atoms with Crippen molar-refractivity contribution in [1.29, 1.82) is 0 Å². The number of ether oxygens (including phenoxy) is 3. The summed E-state index contributed by atoms with van der Waals surface area (Å²) in [6.45, 7) is 15.1. The van der Waals surface area contributed by atoms with Gasteiger partial charge in [0, 0.05) is 38.0 Å². The molecule has 3 atom stereocenters. The first-order chi connectivity index (χ1) is 22.0. The standard InChI is InChI=1S/C36H46N4O6/c1-7-38-28-17-30(23(3)14-26(28)34(42)39-20-22(2)13-29(39)35(38)43)45-11-9-8-10-12-46-32-16-27-25(15-31(32)44-6)33(41)40-21-36(4,5)18-24(40)19-37-27/h14-17,19,24,29,35,43H,2,7-13,18,20-21H2,1,3-6H3/t24-,29-,35-/m0/s1. The van der Waals surface area contributed by atoms with Crippen molar-refractivity contribution in [2.75, 3.05) is 44.9 Å². The van der Waals surface area contributed by atoms with Crippen molar-refractivity contribution in [3.63, 3.8) is 0 Å². The minimum atomic E-state index is -0.805. The quantitative estimate of drug-likeness (QED) is 0.273. The number of aliphatic hydroxyl groups is 1. The molecule has 0 aromatic heterocycles. The number of likely N-dealkylation sites (N-methyl/N-ethyl adjacent to an activating group) is 1. The smallest absolute Gasteiger partial charge is 0.256 e. The number of fused-ring (bicyclic) bond motifs is 4. The topological polar surface area (TPSA) is 104 Å². The molecular weight excluding hydrogens is 584 g/mol. The van der Waals surface area contributed by atoms with E-state index in [2.05, 4.69) is 25.4 Å². The van der Waals surface area contributed by atoms with Gasteiger partial charge < -0.3 is 34.0 Å². The third-order valence-corrected chi connectivity index (χ3v) is 9.61. The first-order valence-electron chi connectivity index (χ1n) is 16.4. The lowest BCUT2D eigenvalue weighted by Gasteiger charge is -2.33. The fraction of sp³-hybridized carbons (Fsp3) is 0.528. The number of benzene rings is 2. The van der Waals surface area contributed by atoms with Gasteiger partial charge in [0.25, 0.3) is 11.8 Å². The maximum Gasteiger partial charge on any atom is 0.256 e. The van der Waals surface area contributed by atoms with Crippen molar-refractivity contribution in [3.05, 3.63) is 53.1 Å². The van der Waals surface area contributed by atoms with E-state index in [1.165, 1.54) is 0 Å². The zero-order valence-corrected chi connectivity index (χ0v) is 27.7. The van der Waals surface area contributed by atoms with Crippen LogP contribution in [0.25, 0.3) is 0 Å². The van der Waals surface area contributed by atoms with E-state index in [4.69, 9.17) is 14.2 Å². The molecule has 0 bridgehead atoms. The number of amides is 2. The van der Waals surface area contributed by atoms with Crippen LogP contribution in [0, 0.1) is 12.3 Å². The molecule has 0 saturated carbocycles. The van der Waals surface area contributed by atoms with Gasteiger partial charge in [-0.1, -0.05) is 26.0 Å². The third kappa shape index (κ3) is 5.95. The van der Waals surface area contributed by atoms with E-state index in [0.29, 0.717) is 79.0 Å². The van der Waals surface area contributed by atoms with Gasteiger partial charge in [-0.2, -0.15) is 0 Å². The van der Waals surface area contributed by atoms with Crippen molar-refractivity contribution in [2.45, 2.75) is 78.1 Å². The van der Waals surface area contributed by atoms with E-state index in [0.717, 1.165) is 36.8 Å². The fourth-order valence-electron chi connectivity index (χ4n) is 7.26. The van der Waals surface area contributed by atoms with Crippen LogP contribution in [0.3, 0.4) is 0 Å². The molecule has 4 aliphatic heterocycles. The molecule has 2 fully saturated rings. The summed E-state index contributed by atoms with van der Waals surface area (Å²) >= 11 is 0. The molecule has 1 N–H and O–H groups in total. The number of unbranched alkanes of at least 4 members (excludes halogenated alkanes) is 2. The molecule has 2 aromatic carbocycles. The largest absolute Gasteiger partial charge is 0.493 e. The average molecular weight is 631 g/mol. The summed E-state index contributed by atoms with van der Waals surface area (Å²) in [6, 6.07) is 7.04. The predicted molar refractivity (Wildman–Crippen MR) is 178 cm³/mol. The maximum atomic E-state index is 13.5. The van der Waals surface area contributed by atoms with Crippen LogP contribution in [0.15, 0.2) is 41.4 Å². The molecule has 2 aromatic rings. The SMILES string of the molecule is C=C1C[C@H]2[C@H](O)N(CC)c3cc(OCCCCCOc4cc5c(cc4OC)C(=O)N4CC(C)(C)C[C@H]4C=N5)c(C)cc3C(=O)N2C1. The lowest BCUT2D eigenvalue weighted by Crippen LogP contribution is -2.48. The van der Waals surface area contributed by atoms with Gasteiger partial charge in [-0.3, -0.25) is 14.6 Å². The van der Waals surface area contributed by atoms with Crippen LogP contribution in [-0.4, -0.2) is 91.2 Å². The first kappa shape index (κ1) is 31.9. The highest BCUT2D eigenvalue weighted by Crippen LogP contribution is 2.42. The average Bonchev–Trinajstić information content (AvgIpc) is 3.52. The number of carbonyl (C=O) groups is 2. The van der Waals surface area contributed by atoms with E-state index >= 15 is 0 Å². The Balaban J connectivity index is 1.03. The first-order valence-corrected chi connectivity index (χ1v) is 16.4. The van der Waals surface area contributed by atoms with Gasteiger partial charge in [0.1, 0.15) is 12.0 Å². The normalized spacial score (nSPS) is 23.0. The molecule has 4 aliphatic rings. The summed E-state index contributed by atoms with van der Waals surface area (Å²) in [5.74, 6) is 1.73. The lowest BCUT2D eigenvalue weighted by atomic mass is 9.91. The molecule has 2 saturated heterocycles. The van der Waals surface area contributed by atoms with Gasteiger partial charge >= 0.3 is 0 Å². The Bertz CT molecular complexity index is 1570. The monoisotopic (exact) mass is 630 g/mol. The van der Waals surface area contributed by atoms with Crippen LogP contribution in [-0.2, 0) is 0 Å². The van der Waals surface area contributed by atoms with Crippen molar-refractivity contribution in [2.24, 2.45) is 10.4 Å². The number of anilines is 1. The minimum Gasteiger partial charge on any atom is -0.493 e. The van der Waals surface area contributed by atoms with Crippen LogP contribution in [0.1, 0.15) is 79.2 Å². The number of methoxy groups -OCH3 is 1. The summed E-state index contributed by atoms with van der Waals surface area (Å²) in [6.07, 6.45) is 5.11. The number of carbonyl (C=O) groups excluding carboxylic acids is 2. The van der Waals surface area contributed by atoms with Crippen LogP contribution < -0.4 is 19.1 Å². The van der Waals surface area contributed by atoms with E-state index < -0.39 is 6.23 Å². The van der Waals surface area contributed by atoms with Crippen LogP contribution in [0.2, 0.25) is 0 Å². The van der Waals surface area contributed by atoms with Crippen LogP contribution in [0.4, 0.5) is 11.4 Å². The zero-order valence-electron chi connectivity index (χ0n) is 27.7. The van der Waals surface area contributed by atoms with Crippen LogP contribution >= 0.6 is 0 Å². The molecular formula is C36H46N4O6. The van der Waals surface area contributed by atoms with Gasteiger partial charge in [0.2, 0.25) is 0 Å². The Morgan fingerprint density at radius 3 is 2.41 bits per heavy atom. The zero-order chi connectivity index (χ0) is 32.7. The van der Waals surface area contributed by atoms with Gasteiger partial charge in [-0.25, -0.2) is 0 Å². The Labute approximate surface area is 271 Å². The molecule has 2 amide bonds. The highest BCUT2D eigenvalue weighted by molar-refractivity contribution is 6.04. The molecule has 0 radical (unpaired) electrons. The fourth-order valence-corrected chi connectivity index (χ4v) is 7.26. The van der Waals surface area contributed by atoms with E-state index in [1.54, 1.807) is 18.1 Å². The van der Waals surface area contributed by atoms with Crippen molar-refractivity contribution < 1.29 is 28.9 Å². The van der Waals surface area contributed by atoms with E-state index in [-0.39, 0.29) is 29.3 Å². The number of aliphatic imine (C=N–C) groups is 1. The summed E-state index contributed by atoms with van der Waals surface area (Å²) in [5.41, 5.74) is 4.36. The summed E-state index contributed by atoms with van der Waals surface area (Å²) in [4.78, 5) is 37.1. The molecule has 0 unspecified atom stereocenters. The number of aryl methyl sites for hydroxylation is 1. The molecule has 10 nitrogen and oxygen atoms in total. The van der Waals surface area contributed by atoms with Gasteiger partial charge in [-0.15, -0.1) is 0 Å². The highest BCUT2D eigenvalue weighted by atomic mass is 16.5. The molecule has 0 aliphatic carbocycles. The van der Waals surface area contributed by atoms with Crippen molar-refractivity contribution in [3.8, 4) is 17.2 Å². The van der Waals surface area contributed by atoms with Gasteiger partial charge in [-0.05, 0) is 69.1 Å². The lowest BCUT2D eigenvalue weighted by molar-refractivity contribution is 0.0516. The van der Waals surface area contributed by atoms with Crippen LogP contribution in [0.5, 0.6) is 17.2 Å². The second-order valence-corrected chi connectivity index (χ2v) is 13.7. The molecule has 0 spiro atoms. The van der Waals surface area contributed by atoms with Gasteiger partial charge in [0.05, 0.1) is 54.9 Å². The van der Waals surface area contributed by atoms with Crippen molar-refractivity contribution in [1.82, 2.24) is 9.80 Å². The maximum absolute atomic E-state index is 13.5.